The van der Waals surface area contributed by atoms with E-state index in [0.717, 1.165) is 54.6 Å². The van der Waals surface area contributed by atoms with Crippen LogP contribution in [-0.2, 0) is 4.79 Å². The van der Waals surface area contributed by atoms with Crippen LogP contribution in [0.2, 0.25) is 0 Å². The molecule has 0 radical (unpaired) electrons. The number of hydrogen-bond acceptors (Lipinski definition) is 4. The lowest BCUT2D eigenvalue weighted by atomic mass is 10.0. The van der Waals surface area contributed by atoms with E-state index in [-0.39, 0.29) is 5.57 Å². The first-order chi connectivity index (χ1) is 17.8. The molecule has 2 heterocycles. The lowest BCUT2D eigenvalue weighted by molar-refractivity contribution is -0.132. The van der Waals surface area contributed by atoms with E-state index >= 15 is 0 Å². The number of para-hydroxylation sites is 2. The maximum atomic E-state index is 11.3. The Hall–Kier alpha value is -4.47. The number of aliphatic carboxylic acids is 1. The molecule has 182 valence electrons. The molecule has 0 unspecified atom stereocenters. The summed E-state index contributed by atoms with van der Waals surface area (Å²) in [7, 11) is 0. The number of thiophene rings is 1. The molecule has 0 aliphatic heterocycles. The predicted octanol–water partition coefficient (Wildman–Crippen LogP) is 7.65. The van der Waals surface area contributed by atoms with Crippen LogP contribution in [0.4, 0.5) is 0 Å². The predicted molar refractivity (Wildman–Crippen MR) is 150 cm³/mol. The van der Waals surface area contributed by atoms with E-state index in [1.54, 1.807) is 6.07 Å². The molecule has 0 aliphatic rings. The summed E-state index contributed by atoms with van der Waals surface area (Å²) in [6.45, 7) is 8.20. The van der Waals surface area contributed by atoms with Crippen LogP contribution < -0.4 is 0 Å². The molecule has 5 rings (SSSR count). The minimum absolute atomic E-state index is 0.267. The summed E-state index contributed by atoms with van der Waals surface area (Å²) in [5.74, 6) is -0.342. The van der Waals surface area contributed by atoms with Crippen molar-refractivity contribution in [1.29, 1.82) is 5.26 Å². The molecule has 5 aromatic rings. The monoisotopic (exact) mass is 503 g/mol. The minimum Gasteiger partial charge on any atom is -0.477 e. The Labute approximate surface area is 219 Å². The van der Waals surface area contributed by atoms with E-state index in [2.05, 4.69) is 66.9 Å². The highest BCUT2D eigenvalue weighted by atomic mass is 32.1. The maximum absolute atomic E-state index is 11.3. The van der Waals surface area contributed by atoms with Gasteiger partial charge in [-0.3, -0.25) is 4.57 Å². The average Bonchev–Trinajstić information content (AvgIpc) is 3.39. The van der Waals surface area contributed by atoms with Gasteiger partial charge in [-0.05, 0) is 85.9 Å². The van der Waals surface area contributed by atoms with Crippen molar-refractivity contribution in [2.24, 2.45) is 0 Å². The lowest BCUT2D eigenvalue weighted by Gasteiger charge is -2.12. The normalized spacial score (nSPS) is 11.6. The summed E-state index contributed by atoms with van der Waals surface area (Å²) in [6.07, 6.45) is 1.46. The summed E-state index contributed by atoms with van der Waals surface area (Å²) in [4.78, 5) is 18.1. The second kappa shape index (κ2) is 9.53. The van der Waals surface area contributed by atoms with Crippen molar-refractivity contribution in [3.05, 3.63) is 99.4 Å². The first kappa shape index (κ1) is 24.2. The van der Waals surface area contributed by atoms with Crippen LogP contribution in [0.15, 0.2) is 72.3 Å². The van der Waals surface area contributed by atoms with Gasteiger partial charge in [0.15, 0.2) is 0 Å². The van der Waals surface area contributed by atoms with E-state index in [1.165, 1.54) is 28.5 Å². The second-order valence-corrected chi connectivity index (χ2v) is 10.3. The van der Waals surface area contributed by atoms with Crippen molar-refractivity contribution in [3.8, 4) is 33.6 Å². The molecule has 1 N–H and O–H groups in total. The number of carboxylic acid groups (broad SMARTS) is 1. The zero-order valence-corrected chi connectivity index (χ0v) is 21.9. The molecule has 0 saturated carbocycles. The van der Waals surface area contributed by atoms with Gasteiger partial charge >= 0.3 is 5.97 Å². The van der Waals surface area contributed by atoms with Crippen LogP contribution in [0.25, 0.3) is 44.6 Å². The van der Waals surface area contributed by atoms with Gasteiger partial charge in [0.2, 0.25) is 0 Å². The van der Waals surface area contributed by atoms with Gasteiger partial charge in [0.05, 0.1) is 11.0 Å². The number of imidazole rings is 1. The maximum Gasteiger partial charge on any atom is 0.346 e. The highest BCUT2D eigenvalue weighted by Gasteiger charge is 2.17. The van der Waals surface area contributed by atoms with Gasteiger partial charge in [-0.15, -0.1) is 11.3 Å². The van der Waals surface area contributed by atoms with Crippen molar-refractivity contribution in [3.63, 3.8) is 0 Å². The molecule has 0 saturated heterocycles. The van der Waals surface area contributed by atoms with Crippen molar-refractivity contribution in [2.75, 3.05) is 0 Å². The third-order valence-corrected chi connectivity index (χ3v) is 7.93. The third kappa shape index (κ3) is 4.46. The fourth-order valence-electron chi connectivity index (χ4n) is 4.64. The highest BCUT2D eigenvalue weighted by molar-refractivity contribution is 7.16. The summed E-state index contributed by atoms with van der Waals surface area (Å²) in [5.41, 5.74) is 9.31. The molecule has 0 fully saturated rings. The summed E-state index contributed by atoms with van der Waals surface area (Å²) >= 11 is 1.50. The fraction of sp³-hybridized carbons (Fsp3) is 0.129. The Morgan fingerprint density at radius 2 is 1.59 bits per heavy atom. The van der Waals surface area contributed by atoms with Crippen LogP contribution in [0.1, 0.15) is 27.1 Å². The number of rotatable bonds is 5. The Kier molecular flexibility index (Phi) is 6.24. The number of carbonyl (C=O) groups is 1. The fourth-order valence-corrected chi connectivity index (χ4v) is 5.90. The summed E-state index contributed by atoms with van der Waals surface area (Å²) in [6, 6.07) is 24.8. The van der Waals surface area contributed by atoms with E-state index in [4.69, 9.17) is 10.2 Å². The number of aryl methyl sites for hydroxylation is 2. The molecule has 0 amide bonds. The third-order valence-electron chi connectivity index (χ3n) is 6.54. The van der Waals surface area contributed by atoms with Gasteiger partial charge in [-0.25, -0.2) is 9.78 Å². The Morgan fingerprint density at radius 3 is 2.24 bits per heavy atom. The van der Waals surface area contributed by atoms with Crippen molar-refractivity contribution in [2.45, 2.75) is 27.7 Å². The summed E-state index contributed by atoms with van der Waals surface area (Å²) < 4.78 is 2.21. The molecule has 3 aromatic carbocycles. The second-order valence-electron chi connectivity index (χ2n) is 9.20. The lowest BCUT2D eigenvalue weighted by Crippen LogP contribution is -1.99. The zero-order valence-electron chi connectivity index (χ0n) is 21.0. The Bertz CT molecular complexity index is 1730. The number of carboxylic acids is 1. The molecule has 37 heavy (non-hydrogen) atoms. The van der Waals surface area contributed by atoms with Gasteiger partial charge in [-0.1, -0.05) is 42.5 Å². The van der Waals surface area contributed by atoms with E-state index in [1.807, 2.05) is 32.0 Å². The van der Waals surface area contributed by atoms with Gasteiger partial charge in [0.25, 0.3) is 0 Å². The van der Waals surface area contributed by atoms with Crippen molar-refractivity contribution < 1.29 is 9.90 Å². The van der Waals surface area contributed by atoms with Gasteiger partial charge in [0.1, 0.15) is 17.5 Å². The SMILES string of the molecule is Cc1cc(C)cc(-n2c(-c3ccc(-c4sc(/C=C(\C#N)C(=O)O)c(C)c4C)cc3)nc3ccccc32)c1. The highest BCUT2D eigenvalue weighted by Crippen LogP contribution is 2.38. The van der Waals surface area contributed by atoms with Gasteiger partial charge < -0.3 is 5.11 Å². The molecule has 0 aliphatic carbocycles. The van der Waals surface area contributed by atoms with Crippen LogP contribution in [-0.4, -0.2) is 20.6 Å². The van der Waals surface area contributed by atoms with E-state index in [9.17, 15) is 9.90 Å². The summed E-state index contributed by atoms with van der Waals surface area (Å²) in [5, 5.41) is 18.4. The Morgan fingerprint density at radius 1 is 0.946 bits per heavy atom. The van der Waals surface area contributed by atoms with Crippen LogP contribution in [0.5, 0.6) is 0 Å². The van der Waals surface area contributed by atoms with E-state index < -0.39 is 5.97 Å². The quantitative estimate of drug-likeness (QED) is 0.197. The molecule has 0 spiro atoms. The van der Waals surface area contributed by atoms with E-state index in [0.29, 0.717) is 0 Å². The number of benzene rings is 3. The smallest absolute Gasteiger partial charge is 0.346 e. The topological polar surface area (TPSA) is 78.9 Å². The molecule has 6 heteroatoms. The zero-order chi connectivity index (χ0) is 26.3. The molecular formula is C31H25N3O2S. The van der Waals surface area contributed by atoms with Crippen LogP contribution in [0.3, 0.4) is 0 Å². The molecule has 0 atom stereocenters. The van der Waals surface area contributed by atoms with Crippen LogP contribution in [0, 0.1) is 39.0 Å². The number of hydrogen-bond donors (Lipinski definition) is 1. The first-order valence-corrected chi connectivity index (χ1v) is 12.7. The minimum atomic E-state index is -1.22. The number of fused-ring (bicyclic) bond motifs is 1. The molecule has 2 aromatic heterocycles. The number of nitrogens with zero attached hydrogens (tertiary/aromatic N) is 3. The van der Waals surface area contributed by atoms with Gasteiger partial charge in [0, 0.05) is 21.0 Å². The first-order valence-electron chi connectivity index (χ1n) is 11.9. The van der Waals surface area contributed by atoms with Crippen LogP contribution >= 0.6 is 11.3 Å². The van der Waals surface area contributed by atoms with Crippen molar-refractivity contribution in [1.82, 2.24) is 9.55 Å². The number of aromatic nitrogens is 2. The molecular weight excluding hydrogens is 478 g/mol. The van der Waals surface area contributed by atoms with Crippen molar-refractivity contribution >= 4 is 34.4 Å². The van der Waals surface area contributed by atoms with Gasteiger partial charge in [-0.2, -0.15) is 5.26 Å². The number of nitriles is 1. The largest absolute Gasteiger partial charge is 0.477 e. The average molecular weight is 504 g/mol. The molecule has 0 bridgehead atoms. The molecule has 5 nitrogen and oxygen atoms in total. The Balaban J connectivity index is 1.60. The standard InChI is InChI=1S/C31H25N3O2S/c1-18-13-19(2)15-25(14-18)34-27-8-6-5-7-26(27)33-30(34)23-11-9-22(10-12-23)29-21(4)20(3)28(37-29)16-24(17-32)31(35)36/h5-16H,1-4H3,(H,35,36)/b24-16+.